The number of aromatic nitrogens is 1. The molecule has 0 aliphatic carbocycles. The number of nitrogen functional groups attached to an aromatic ring is 1. The maximum atomic E-state index is 6.13. The number of halogens is 1. The maximum Gasteiger partial charge on any atom is 0.141 e. The molecule has 2 rings (SSSR count). The van der Waals surface area contributed by atoms with Crippen LogP contribution in [0.25, 0.3) is 0 Å². The number of rotatable bonds is 3. The number of nitrogens with zero attached hydrogens (tertiary/aromatic N) is 1. The van der Waals surface area contributed by atoms with E-state index >= 15 is 0 Å². The molecule has 5 heteroatoms. The summed E-state index contributed by atoms with van der Waals surface area (Å²) in [6.45, 7) is 2.00. The maximum absolute atomic E-state index is 6.13. The van der Waals surface area contributed by atoms with Crippen LogP contribution in [0.15, 0.2) is 36.5 Å². The SMILES string of the molecule is Cc1ccc(Nc2ccnc(NN)c2)c(Cl)c1. The van der Waals surface area contributed by atoms with Crippen molar-refractivity contribution in [3.63, 3.8) is 0 Å². The highest BCUT2D eigenvalue weighted by Crippen LogP contribution is 2.26. The molecule has 4 nitrogen and oxygen atoms in total. The minimum absolute atomic E-state index is 0.596. The van der Waals surface area contributed by atoms with E-state index in [1.807, 2.05) is 31.2 Å². The van der Waals surface area contributed by atoms with Crippen LogP contribution in [-0.2, 0) is 0 Å². The summed E-state index contributed by atoms with van der Waals surface area (Å²) in [5.41, 5.74) is 5.34. The summed E-state index contributed by atoms with van der Waals surface area (Å²) in [7, 11) is 0. The van der Waals surface area contributed by atoms with Crippen LogP contribution in [0, 0.1) is 6.92 Å². The molecule has 0 unspecified atom stereocenters. The van der Waals surface area contributed by atoms with E-state index in [0.717, 1.165) is 16.9 Å². The molecule has 4 N–H and O–H groups in total. The molecule has 0 aliphatic rings. The van der Waals surface area contributed by atoms with Gasteiger partial charge in [0.1, 0.15) is 5.82 Å². The first-order chi connectivity index (χ1) is 8.19. The number of nitrogens with one attached hydrogen (secondary N) is 2. The number of aryl methyl sites for hydroxylation is 1. The lowest BCUT2D eigenvalue weighted by molar-refractivity contribution is 1.23. The van der Waals surface area contributed by atoms with Gasteiger partial charge < -0.3 is 10.7 Å². The average Bonchev–Trinajstić information content (AvgIpc) is 2.33. The largest absolute Gasteiger partial charge is 0.354 e. The highest BCUT2D eigenvalue weighted by atomic mass is 35.5. The first-order valence-corrected chi connectivity index (χ1v) is 5.52. The van der Waals surface area contributed by atoms with Gasteiger partial charge >= 0.3 is 0 Å². The van der Waals surface area contributed by atoms with Gasteiger partial charge in [-0.2, -0.15) is 0 Å². The number of nitrogens with two attached hydrogens (primary N) is 1. The molecule has 88 valence electrons. The number of benzene rings is 1. The van der Waals surface area contributed by atoms with Gasteiger partial charge in [0.25, 0.3) is 0 Å². The Morgan fingerprint density at radius 2 is 2.06 bits per heavy atom. The standard InChI is InChI=1S/C12H13ClN4/c1-8-2-3-11(10(13)6-8)16-9-4-5-15-12(7-9)17-14/h2-7H,14H2,1H3,(H2,15,16,17). The normalized spacial score (nSPS) is 10.1. The zero-order valence-corrected chi connectivity index (χ0v) is 10.1. The quantitative estimate of drug-likeness (QED) is 0.577. The lowest BCUT2D eigenvalue weighted by atomic mass is 10.2. The van der Waals surface area contributed by atoms with E-state index in [-0.39, 0.29) is 0 Å². The first-order valence-electron chi connectivity index (χ1n) is 5.15. The fourth-order valence-corrected chi connectivity index (χ4v) is 1.75. The van der Waals surface area contributed by atoms with Gasteiger partial charge in [-0.05, 0) is 30.7 Å². The van der Waals surface area contributed by atoms with Gasteiger partial charge in [-0.1, -0.05) is 17.7 Å². The van der Waals surface area contributed by atoms with E-state index in [1.165, 1.54) is 0 Å². The van der Waals surface area contributed by atoms with Crippen molar-refractivity contribution in [3.8, 4) is 0 Å². The van der Waals surface area contributed by atoms with Crippen LogP contribution in [0.2, 0.25) is 5.02 Å². The average molecular weight is 249 g/mol. The predicted molar refractivity (Wildman–Crippen MR) is 71.5 cm³/mol. The Kier molecular flexibility index (Phi) is 3.46. The molecule has 0 radical (unpaired) electrons. The number of hydrogen-bond acceptors (Lipinski definition) is 4. The first kappa shape index (κ1) is 11.7. The van der Waals surface area contributed by atoms with Crippen molar-refractivity contribution < 1.29 is 0 Å². The smallest absolute Gasteiger partial charge is 0.141 e. The van der Waals surface area contributed by atoms with Crippen LogP contribution in [0.3, 0.4) is 0 Å². The number of hydrogen-bond donors (Lipinski definition) is 3. The Labute approximate surface area is 105 Å². The Bertz CT molecular complexity index is 528. The summed E-state index contributed by atoms with van der Waals surface area (Å²) >= 11 is 6.13. The third kappa shape index (κ3) is 2.87. The predicted octanol–water partition coefficient (Wildman–Crippen LogP) is 3.07. The number of hydrazine groups is 1. The monoisotopic (exact) mass is 248 g/mol. The van der Waals surface area contributed by atoms with Crippen LogP contribution in [0.4, 0.5) is 17.2 Å². The molecule has 0 spiro atoms. The zero-order valence-electron chi connectivity index (χ0n) is 9.37. The third-order valence-corrected chi connectivity index (χ3v) is 2.62. The molecule has 1 heterocycles. The minimum Gasteiger partial charge on any atom is -0.354 e. The van der Waals surface area contributed by atoms with Crippen molar-refractivity contribution >= 4 is 28.8 Å². The van der Waals surface area contributed by atoms with Crippen molar-refractivity contribution in [3.05, 3.63) is 47.1 Å². The Hall–Kier alpha value is -1.78. The third-order valence-electron chi connectivity index (χ3n) is 2.31. The van der Waals surface area contributed by atoms with E-state index < -0.39 is 0 Å². The summed E-state index contributed by atoms with van der Waals surface area (Å²) < 4.78 is 0. The van der Waals surface area contributed by atoms with Gasteiger partial charge in [0.2, 0.25) is 0 Å². The summed E-state index contributed by atoms with van der Waals surface area (Å²) in [6.07, 6.45) is 1.67. The summed E-state index contributed by atoms with van der Waals surface area (Å²) in [5.74, 6) is 5.89. The number of anilines is 3. The van der Waals surface area contributed by atoms with Crippen molar-refractivity contribution in [2.24, 2.45) is 5.84 Å². The van der Waals surface area contributed by atoms with Gasteiger partial charge in [0.15, 0.2) is 0 Å². The molecule has 0 fully saturated rings. The van der Waals surface area contributed by atoms with E-state index in [2.05, 4.69) is 15.7 Å². The van der Waals surface area contributed by atoms with Gasteiger partial charge in [-0.3, -0.25) is 0 Å². The minimum atomic E-state index is 0.596. The van der Waals surface area contributed by atoms with Crippen LogP contribution in [0.1, 0.15) is 5.56 Å². The lowest BCUT2D eigenvalue weighted by Gasteiger charge is -2.09. The van der Waals surface area contributed by atoms with Crippen LogP contribution < -0.4 is 16.6 Å². The highest BCUT2D eigenvalue weighted by molar-refractivity contribution is 6.33. The molecule has 2 aromatic rings. The highest BCUT2D eigenvalue weighted by Gasteiger charge is 2.01. The topological polar surface area (TPSA) is 63.0 Å². The van der Waals surface area contributed by atoms with E-state index in [1.54, 1.807) is 12.3 Å². The molecule has 0 saturated heterocycles. The fraction of sp³-hybridized carbons (Fsp3) is 0.0833. The van der Waals surface area contributed by atoms with Crippen molar-refractivity contribution in [1.82, 2.24) is 4.98 Å². The van der Waals surface area contributed by atoms with Crippen LogP contribution in [-0.4, -0.2) is 4.98 Å². The fourth-order valence-electron chi connectivity index (χ4n) is 1.46. The molecule has 0 saturated carbocycles. The Morgan fingerprint density at radius 3 is 2.76 bits per heavy atom. The Morgan fingerprint density at radius 1 is 1.24 bits per heavy atom. The van der Waals surface area contributed by atoms with E-state index in [4.69, 9.17) is 17.4 Å². The van der Waals surface area contributed by atoms with Crippen LogP contribution >= 0.6 is 11.6 Å². The molecule has 0 amide bonds. The van der Waals surface area contributed by atoms with Gasteiger partial charge in [-0.15, -0.1) is 0 Å². The second-order valence-corrected chi connectivity index (χ2v) is 4.09. The lowest BCUT2D eigenvalue weighted by Crippen LogP contribution is -2.08. The van der Waals surface area contributed by atoms with Crippen molar-refractivity contribution in [2.45, 2.75) is 6.92 Å². The van der Waals surface area contributed by atoms with E-state index in [0.29, 0.717) is 10.8 Å². The van der Waals surface area contributed by atoms with E-state index in [9.17, 15) is 0 Å². The molecule has 1 aromatic carbocycles. The molecule has 1 aromatic heterocycles. The molecular formula is C12H13ClN4. The van der Waals surface area contributed by atoms with Crippen molar-refractivity contribution in [2.75, 3.05) is 10.7 Å². The Balaban J connectivity index is 2.25. The molecule has 0 aliphatic heterocycles. The van der Waals surface area contributed by atoms with Gasteiger partial charge in [0.05, 0.1) is 10.7 Å². The van der Waals surface area contributed by atoms with Gasteiger partial charge in [0, 0.05) is 18.0 Å². The summed E-state index contributed by atoms with van der Waals surface area (Å²) in [4.78, 5) is 4.03. The zero-order chi connectivity index (χ0) is 12.3. The molecule has 17 heavy (non-hydrogen) atoms. The second-order valence-electron chi connectivity index (χ2n) is 3.68. The van der Waals surface area contributed by atoms with Crippen molar-refractivity contribution in [1.29, 1.82) is 0 Å². The van der Waals surface area contributed by atoms with Gasteiger partial charge in [-0.25, -0.2) is 10.8 Å². The summed E-state index contributed by atoms with van der Waals surface area (Å²) in [6, 6.07) is 9.49. The molecular weight excluding hydrogens is 236 g/mol. The van der Waals surface area contributed by atoms with Crippen LogP contribution in [0.5, 0.6) is 0 Å². The molecule has 0 atom stereocenters. The number of pyridine rings is 1. The summed E-state index contributed by atoms with van der Waals surface area (Å²) in [5, 5.41) is 3.89. The molecule has 0 bridgehead atoms. The second kappa shape index (κ2) is 5.03.